The van der Waals surface area contributed by atoms with E-state index in [9.17, 15) is 9.18 Å². The second kappa shape index (κ2) is 7.96. The number of halogens is 1. The quantitative estimate of drug-likeness (QED) is 0.838. The maximum absolute atomic E-state index is 13.2. The summed E-state index contributed by atoms with van der Waals surface area (Å²) in [6.07, 6.45) is 3.66. The first-order valence-electron chi connectivity index (χ1n) is 8.26. The Morgan fingerprint density at radius 1 is 1.43 bits per heavy atom. The molecule has 124 valence electrons. The molecule has 1 fully saturated rings. The first kappa shape index (κ1) is 17.3. The molecule has 1 aliphatic heterocycles. The van der Waals surface area contributed by atoms with Crippen LogP contribution in [-0.4, -0.2) is 37.5 Å². The van der Waals surface area contributed by atoms with Crippen LogP contribution >= 0.6 is 0 Å². The predicted octanol–water partition coefficient (Wildman–Crippen LogP) is 3.17. The van der Waals surface area contributed by atoms with Crippen molar-refractivity contribution < 1.29 is 9.18 Å². The van der Waals surface area contributed by atoms with Crippen molar-refractivity contribution in [1.82, 2.24) is 4.90 Å². The van der Waals surface area contributed by atoms with Gasteiger partial charge in [-0.25, -0.2) is 4.39 Å². The topological polar surface area (TPSA) is 47.3 Å². The summed E-state index contributed by atoms with van der Waals surface area (Å²) in [6.45, 7) is 4.37. The first-order valence-corrected chi connectivity index (χ1v) is 8.26. The van der Waals surface area contributed by atoms with E-state index in [0.717, 1.165) is 51.0 Å². The SMILES string of the molecule is CCCCN(C)C(=O)C1CCN(c2ccc(F)cc2C#N)CC1. The second-order valence-electron chi connectivity index (χ2n) is 6.15. The molecule has 5 heteroatoms. The number of anilines is 1. The predicted molar refractivity (Wildman–Crippen MR) is 88.6 cm³/mol. The van der Waals surface area contributed by atoms with Gasteiger partial charge in [0.25, 0.3) is 0 Å². The van der Waals surface area contributed by atoms with E-state index in [1.165, 1.54) is 12.1 Å². The summed E-state index contributed by atoms with van der Waals surface area (Å²) in [4.78, 5) is 16.3. The van der Waals surface area contributed by atoms with Crippen LogP contribution in [0.3, 0.4) is 0 Å². The van der Waals surface area contributed by atoms with Crippen LogP contribution in [-0.2, 0) is 4.79 Å². The first-order chi connectivity index (χ1) is 11.1. The lowest BCUT2D eigenvalue weighted by Gasteiger charge is -2.35. The Balaban J connectivity index is 1.96. The van der Waals surface area contributed by atoms with Gasteiger partial charge < -0.3 is 9.80 Å². The largest absolute Gasteiger partial charge is 0.370 e. The summed E-state index contributed by atoms with van der Waals surface area (Å²) in [5.41, 5.74) is 1.12. The number of rotatable bonds is 5. The molecule has 0 aromatic heterocycles. The van der Waals surface area contributed by atoms with Crippen molar-refractivity contribution in [3.8, 4) is 6.07 Å². The second-order valence-corrected chi connectivity index (χ2v) is 6.15. The van der Waals surface area contributed by atoms with Gasteiger partial charge in [-0.2, -0.15) is 5.26 Å². The zero-order valence-corrected chi connectivity index (χ0v) is 13.9. The molecule has 1 amide bonds. The number of piperidine rings is 1. The number of amides is 1. The highest BCUT2D eigenvalue weighted by atomic mass is 19.1. The Morgan fingerprint density at radius 3 is 2.74 bits per heavy atom. The summed E-state index contributed by atoms with van der Waals surface area (Å²) in [5.74, 6) is -0.121. The fourth-order valence-electron chi connectivity index (χ4n) is 3.06. The van der Waals surface area contributed by atoms with E-state index in [2.05, 4.69) is 17.9 Å². The van der Waals surface area contributed by atoms with Gasteiger partial charge in [0.1, 0.15) is 11.9 Å². The van der Waals surface area contributed by atoms with Crippen LogP contribution < -0.4 is 4.90 Å². The summed E-state index contributed by atoms with van der Waals surface area (Å²) in [6, 6.07) is 6.36. The van der Waals surface area contributed by atoms with E-state index in [4.69, 9.17) is 5.26 Å². The molecule has 0 radical (unpaired) electrons. The zero-order chi connectivity index (χ0) is 16.8. The third kappa shape index (κ3) is 4.22. The minimum absolute atomic E-state index is 0.0547. The number of carbonyl (C=O) groups is 1. The number of hydrogen-bond donors (Lipinski definition) is 0. The highest BCUT2D eigenvalue weighted by molar-refractivity contribution is 5.79. The van der Waals surface area contributed by atoms with Gasteiger partial charge in [0.05, 0.1) is 11.3 Å². The molecule has 2 rings (SSSR count). The van der Waals surface area contributed by atoms with Crippen molar-refractivity contribution in [2.75, 3.05) is 31.6 Å². The van der Waals surface area contributed by atoms with Crippen LogP contribution in [0, 0.1) is 23.1 Å². The van der Waals surface area contributed by atoms with Crippen molar-refractivity contribution in [3.63, 3.8) is 0 Å². The standard InChI is InChI=1S/C18H24FN3O/c1-3-4-9-21(2)18(23)14-7-10-22(11-8-14)17-6-5-16(19)12-15(17)13-20/h5-6,12,14H,3-4,7-11H2,1-2H3. The Bertz CT molecular complexity index is 588. The Labute approximate surface area is 137 Å². The molecule has 1 heterocycles. The Morgan fingerprint density at radius 2 is 2.13 bits per heavy atom. The molecular formula is C18H24FN3O. The lowest BCUT2D eigenvalue weighted by molar-refractivity contribution is -0.134. The van der Waals surface area contributed by atoms with Crippen molar-refractivity contribution in [3.05, 3.63) is 29.6 Å². The highest BCUT2D eigenvalue weighted by Gasteiger charge is 2.27. The highest BCUT2D eigenvalue weighted by Crippen LogP contribution is 2.27. The van der Waals surface area contributed by atoms with E-state index in [1.807, 2.05) is 11.9 Å². The van der Waals surface area contributed by atoms with Gasteiger partial charge in [-0.1, -0.05) is 13.3 Å². The number of unbranched alkanes of at least 4 members (excludes halogenated alkanes) is 1. The molecule has 1 aromatic carbocycles. The normalized spacial score (nSPS) is 15.3. The fourth-order valence-corrected chi connectivity index (χ4v) is 3.06. The van der Waals surface area contributed by atoms with Crippen LogP contribution in [0.4, 0.5) is 10.1 Å². The van der Waals surface area contributed by atoms with Gasteiger partial charge in [0.15, 0.2) is 0 Å². The van der Waals surface area contributed by atoms with E-state index in [0.29, 0.717) is 5.56 Å². The molecule has 0 spiro atoms. The monoisotopic (exact) mass is 317 g/mol. The lowest BCUT2D eigenvalue weighted by Crippen LogP contribution is -2.41. The van der Waals surface area contributed by atoms with E-state index in [-0.39, 0.29) is 11.8 Å². The molecule has 4 nitrogen and oxygen atoms in total. The molecule has 0 bridgehead atoms. The Hall–Kier alpha value is -2.09. The molecular weight excluding hydrogens is 293 g/mol. The number of hydrogen-bond acceptors (Lipinski definition) is 3. The van der Waals surface area contributed by atoms with Gasteiger partial charge >= 0.3 is 0 Å². The molecule has 23 heavy (non-hydrogen) atoms. The van der Waals surface area contributed by atoms with Crippen molar-refractivity contribution in [2.45, 2.75) is 32.6 Å². The van der Waals surface area contributed by atoms with Crippen LogP contribution in [0.2, 0.25) is 0 Å². The molecule has 1 aliphatic rings. The third-order valence-electron chi connectivity index (χ3n) is 4.49. The van der Waals surface area contributed by atoms with Crippen LogP contribution in [0.25, 0.3) is 0 Å². The van der Waals surface area contributed by atoms with Crippen molar-refractivity contribution in [2.24, 2.45) is 5.92 Å². The van der Waals surface area contributed by atoms with Gasteiger partial charge in [-0.05, 0) is 37.5 Å². The number of nitriles is 1. The lowest BCUT2D eigenvalue weighted by atomic mass is 9.94. The molecule has 1 saturated heterocycles. The van der Waals surface area contributed by atoms with E-state index in [1.54, 1.807) is 6.07 Å². The van der Waals surface area contributed by atoms with E-state index >= 15 is 0 Å². The molecule has 0 saturated carbocycles. The Kier molecular flexibility index (Phi) is 5.97. The summed E-state index contributed by atoms with van der Waals surface area (Å²) >= 11 is 0. The number of benzene rings is 1. The summed E-state index contributed by atoms with van der Waals surface area (Å²) in [5, 5.41) is 9.16. The summed E-state index contributed by atoms with van der Waals surface area (Å²) < 4.78 is 13.2. The van der Waals surface area contributed by atoms with Crippen LogP contribution in [0.5, 0.6) is 0 Å². The molecule has 0 N–H and O–H groups in total. The van der Waals surface area contributed by atoms with Gasteiger partial charge in [0.2, 0.25) is 5.91 Å². The van der Waals surface area contributed by atoms with Crippen molar-refractivity contribution in [1.29, 1.82) is 5.26 Å². The van der Waals surface area contributed by atoms with Crippen LogP contribution in [0.15, 0.2) is 18.2 Å². The van der Waals surface area contributed by atoms with Gasteiger partial charge in [-0.15, -0.1) is 0 Å². The minimum atomic E-state index is -0.395. The molecule has 1 aromatic rings. The van der Waals surface area contributed by atoms with E-state index < -0.39 is 5.82 Å². The van der Waals surface area contributed by atoms with Gasteiger partial charge in [0, 0.05) is 32.6 Å². The molecule has 0 aliphatic carbocycles. The van der Waals surface area contributed by atoms with Crippen LogP contribution in [0.1, 0.15) is 38.2 Å². The number of nitrogens with zero attached hydrogens (tertiary/aromatic N) is 3. The molecule has 0 unspecified atom stereocenters. The third-order valence-corrected chi connectivity index (χ3v) is 4.49. The fraction of sp³-hybridized carbons (Fsp3) is 0.556. The number of carbonyl (C=O) groups excluding carboxylic acids is 1. The maximum atomic E-state index is 13.2. The maximum Gasteiger partial charge on any atom is 0.225 e. The summed E-state index contributed by atoms with van der Waals surface area (Å²) in [7, 11) is 1.87. The van der Waals surface area contributed by atoms with Gasteiger partial charge in [-0.3, -0.25) is 4.79 Å². The van der Waals surface area contributed by atoms with Crippen molar-refractivity contribution >= 4 is 11.6 Å². The molecule has 0 atom stereocenters. The zero-order valence-electron chi connectivity index (χ0n) is 13.9. The minimum Gasteiger partial charge on any atom is -0.370 e. The average molecular weight is 317 g/mol. The average Bonchev–Trinajstić information content (AvgIpc) is 2.59. The smallest absolute Gasteiger partial charge is 0.225 e.